The third kappa shape index (κ3) is 3.49. The number of piperidine rings is 1. The third-order valence-electron chi connectivity index (χ3n) is 4.98. The zero-order valence-electron chi connectivity index (χ0n) is 14.6. The molecule has 0 radical (unpaired) electrons. The first-order valence-corrected chi connectivity index (χ1v) is 8.49. The minimum Gasteiger partial charge on any atom is -0.465 e. The molecule has 0 aliphatic carbocycles. The average molecular weight is 341 g/mol. The van der Waals surface area contributed by atoms with Gasteiger partial charge in [-0.15, -0.1) is 0 Å². The fourth-order valence-electron chi connectivity index (χ4n) is 3.52. The minimum atomic E-state index is -0.363. The molecular formula is C19H23N3O3. The maximum absolute atomic E-state index is 12.3. The first-order chi connectivity index (χ1) is 12.0. The molecule has 6 heteroatoms. The lowest BCUT2D eigenvalue weighted by Gasteiger charge is -2.30. The number of nitrogens with two attached hydrogens (primary N) is 1. The molecule has 2 heterocycles. The quantitative estimate of drug-likeness (QED) is 0.860. The first-order valence-electron chi connectivity index (χ1n) is 8.49. The van der Waals surface area contributed by atoms with Gasteiger partial charge in [0.2, 0.25) is 5.91 Å². The molecule has 1 aromatic heterocycles. The zero-order chi connectivity index (χ0) is 18.0. The van der Waals surface area contributed by atoms with Crippen molar-refractivity contribution in [2.75, 3.05) is 20.2 Å². The molecule has 3 rings (SSSR count). The second kappa shape index (κ2) is 7.19. The van der Waals surface area contributed by atoms with Crippen LogP contribution in [0, 0.1) is 12.8 Å². The van der Waals surface area contributed by atoms with Crippen LogP contribution in [-0.4, -0.2) is 42.0 Å². The molecule has 6 nitrogen and oxygen atoms in total. The Balaban J connectivity index is 1.92. The van der Waals surface area contributed by atoms with Gasteiger partial charge in [-0.2, -0.15) is 0 Å². The fraction of sp³-hybridized carbons (Fsp3) is 0.421. The molecule has 2 aromatic rings. The van der Waals surface area contributed by atoms with Gasteiger partial charge in [0.05, 0.1) is 23.9 Å². The molecule has 132 valence electrons. The molecule has 1 amide bonds. The highest BCUT2D eigenvalue weighted by atomic mass is 16.5. The van der Waals surface area contributed by atoms with E-state index in [0.717, 1.165) is 48.1 Å². The van der Waals surface area contributed by atoms with Gasteiger partial charge in [-0.3, -0.25) is 14.7 Å². The number of methoxy groups -OCH3 is 1. The van der Waals surface area contributed by atoms with Gasteiger partial charge in [-0.25, -0.2) is 4.79 Å². The molecule has 0 saturated carbocycles. The molecule has 0 bridgehead atoms. The van der Waals surface area contributed by atoms with Crippen LogP contribution in [0.2, 0.25) is 0 Å². The number of aryl methyl sites for hydroxylation is 1. The van der Waals surface area contributed by atoms with E-state index in [0.29, 0.717) is 12.1 Å². The Kier molecular flexibility index (Phi) is 4.99. The highest BCUT2D eigenvalue weighted by Gasteiger charge is 2.26. The summed E-state index contributed by atoms with van der Waals surface area (Å²) in [5.41, 5.74) is 8.42. The van der Waals surface area contributed by atoms with Gasteiger partial charge in [0.25, 0.3) is 0 Å². The van der Waals surface area contributed by atoms with Gasteiger partial charge in [0, 0.05) is 17.8 Å². The molecule has 1 aliphatic heterocycles. The molecule has 0 spiro atoms. The number of nitrogens with zero attached hydrogens (tertiary/aromatic N) is 2. The second-order valence-corrected chi connectivity index (χ2v) is 6.52. The molecular weight excluding hydrogens is 318 g/mol. The van der Waals surface area contributed by atoms with Crippen LogP contribution in [0.4, 0.5) is 0 Å². The molecule has 1 aliphatic rings. The summed E-state index contributed by atoms with van der Waals surface area (Å²) in [4.78, 5) is 30.6. The highest BCUT2D eigenvalue weighted by Crippen LogP contribution is 2.26. The number of amides is 1. The SMILES string of the molecule is COC(=O)c1c(CN2CCC(C(N)=O)CC2)nc2ccccc2c1C. The minimum absolute atomic E-state index is 0.0531. The number of primary amides is 1. The topological polar surface area (TPSA) is 85.5 Å². The van der Waals surface area contributed by atoms with E-state index in [2.05, 4.69) is 4.90 Å². The summed E-state index contributed by atoms with van der Waals surface area (Å²) < 4.78 is 4.99. The van der Waals surface area contributed by atoms with Gasteiger partial charge in [-0.05, 0) is 44.5 Å². The Hall–Kier alpha value is -2.47. The van der Waals surface area contributed by atoms with Crippen LogP contribution < -0.4 is 5.73 Å². The maximum atomic E-state index is 12.3. The number of rotatable bonds is 4. The Morgan fingerprint density at radius 1 is 1.28 bits per heavy atom. The summed E-state index contributed by atoms with van der Waals surface area (Å²) in [6.45, 7) is 4.02. The predicted molar refractivity (Wildman–Crippen MR) is 95.0 cm³/mol. The third-order valence-corrected chi connectivity index (χ3v) is 4.98. The lowest BCUT2D eigenvalue weighted by molar-refractivity contribution is -0.123. The van der Waals surface area contributed by atoms with E-state index in [1.165, 1.54) is 7.11 Å². The molecule has 25 heavy (non-hydrogen) atoms. The summed E-state index contributed by atoms with van der Waals surface area (Å²) in [5, 5.41) is 0.957. The van der Waals surface area contributed by atoms with Gasteiger partial charge >= 0.3 is 5.97 Å². The number of likely N-dealkylation sites (tertiary alicyclic amines) is 1. The molecule has 2 N–H and O–H groups in total. The zero-order valence-corrected chi connectivity index (χ0v) is 14.6. The number of hydrogen-bond donors (Lipinski definition) is 1. The van der Waals surface area contributed by atoms with Crippen molar-refractivity contribution < 1.29 is 14.3 Å². The van der Waals surface area contributed by atoms with E-state index in [-0.39, 0.29) is 17.8 Å². The second-order valence-electron chi connectivity index (χ2n) is 6.52. The van der Waals surface area contributed by atoms with Crippen molar-refractivity contribution in [3.05, 3.63) is 41.1 Å². The van der Waals surface area contributed by atoms with Crippen LogP contribution in [0.5, 0.6) is 0 Å². The van der Waals surface area contributed by atoms with Crippen LogP contribution in [0.15, 0.2) is 24.3 Å². The highest BCUT2D eigenvalue weighted by molar-refractivity contribution is 5.98. The predicted octanol–water partition coefficient (Wildman–Crippen LogP) is 2.03. The van der Waals surface area contributed by atoms with E-state index in [1.807, 2.05) is 31.2 Å². The summed E-state index contributed by atoms with van der Waals surface area (Å²) in [7, 11) is 1.39. The van der Waals surface area contributed by atoms with E-state index >= 15 is 0 Å². The number of benzene rings is 1. The van der Waals surface area contributed by atoms with Gasteiger partial charge in [0.15, 0.2) is 0 Å². The smallest absolute Gasteiger partial charge is 0.340 e. The summed E-state index contributed by atoms with van der Waals surface area (Å²) >= 11 is 0. The lowest BCUT2D eigenvalue weighted by Crippen LogP contribution is -2.38. The van der Waals surface area contributed by atoms with Crippen LogP contribution in [0.1, 0.15) is 34.5 Å². The Labute approximate surface area is 147 Å². The van der Waals surface area contributed by atoms with Crippen molar-refractivity contribution in [2.45, 2.75) is 26.3 Å². The number of pyridine rings is 1. The largest absolute Gasteiger partial charge is 0.465 e. The molecule has 1 saturated heterocycles. The lowest BCUT2D eigenvalue weighted by atomic mass is 9.95. The Bertz CT molecular complexity index is 811. The van der Waals surface area contributed by atoms with Gasteiger partial charge in [-0.1, -0.05) is 18.2 Å². The number of aromatic nitrogens is 1. The number of carbonyl (C=O) groups excluding carboxylic acids is 2. The van der Waals surface area contributed by atoms with Crippen molar-refractivity contribution in [1.82, 2.24) is 9.88 Å². The summed E-state index contributed by atoms with van der Waals surface area (Å²) in [6, 6.07) is 7.79. The number of ether oxygens (including phenoxy) is 1. The van der Waals surface area contributed by atoms with Crippen LogP contribution in [0.25, 0.3) is 10.9 Å². The number of carbonyl (C=O) groups is 2. The number of para-hydroxylation sites is 1. The van der Waals surface area contributed by atoms with Crippen LogP contribution in [0.3, 0.4) is 0 Å². The van der Waals surface area contributed by atoms with Crippen molar-refractivity contribution in [2.24, 2.45) is 11.7 Å². The standard InChI is InChI=1S/C19H23N3O3/c1-12-14-5-3-4-6-15(14)21-16(17(12)19(24)25-2)11-22-9-7-13(8-10-22)18(20)23/h3-6,13H,7-11H2,1-2H3,(H2,20,23). The fourth-order valence-corrected chi connectivity index (χ4v) is 3.52. The number of hydrogen-bond acceptors (Lipinski definition) is 5. The Morgan fingerprint density at radius 2 is 1.96 bits per heavy atom. The van der Waals surface area contributed by atoms with E-state index in [9.17, 15) is 9.59 Å². The molecule has 1 fully saturated rings. The number of esters is 1. The maximum Gasteiger partial charge on any atom is 0.340 e. The van der Waals surface area contributed by atoms with E-state index in [4.69, 9.17) is 15.5 Å². The van der Waals surface area contributed by atoms with Crippen molar-refractivity contribution in [3.63, 3.8) is 0 Å². The molecule has 0 atom stereocenters. The number of fused-ring (bicyclic) bond motifs is 1. The molecule has 0 unspecified atom stereocenters. The van der Waals surface area contributed by atoms with Crippen molar-refractivity contribution >= 4 is 22.8 Å². The van der Waals surface area contributed by atoms with E-state index < -0.39 is 0 Å². The average Bonchev–Trinajstić information content (AvgIpc) is 2.62. The normalized spacial score (nSPS) is 16.1. The van der Waals surface area contributed by atoms with E-state index in [1.54, 1.807) is 0 Å². The van der Waals surface area contributed by atoms with Crippen LogP contribution in [-0.2, 0) is 16.1 Å². The summed E-state index contributed by atoms with van der Waals surface area (Å²) in [6.07, 6.45) is 1.49. The van der Waals surface area contributed by atoms with Gasteiger partial charge in [0.1, 0.15) is 0 Å². The van der Waals surface area contributed by atoms with Crippen molar-refractivity contribution in [3.8, 4) is 0 Å². The van der Waals surface area contributed by atoms with Crippen molar-refractivity contribution in [1.29, 1.82) is 0 Å². The summed E-state index contributed by atoms with van der Waals surface area (Å²) in [5.74, 6) is -0.644. The first kappa shape index (κ1) is 17.4. The van der Waals surface area contributed by atoms with Crippen LogP contribution >= 0.6 is 0 Å². The molecule has 1 aromatic carbocycles. The van der Waals surface area contributed by atoms with Gasteiger partial charge < -0.3 is 10.5 Å². The monoisotopic (exact) mass is 341 g/mol. The Morgan fingerprint density at radius 3 is 2.60 bits per heavy atom.